The van der Waals surface area contributed by atoms with Gasteiger partial charge in [-0.1, -0.05) is 231 Å². The molecule has 12 N–H and O–H groups in total. The highest BCUT2D eigenvalue weighted by molar-refractivity contribution is 5.76. The minimum absolute atomic E-state index is 0.240. The first kappa shape index (κ1) is 75.5. The van der Waals surface area contributed by atoms with Crippen molar-refractivity contribution in [3.63, 3.8) is 0 Å². The molecule has 3 heterocycles. The van der Waals surface area contributed by atoms with Gasteiger partial charge in [0.25, 0.3) is 0 Å². The Labute approximate surface area is 498 Å². The fraction of sp³-hybridized carbons (Fsp3) is 0.922. The summed E-state index contributed by atoms with van der Waals surface area (Å²) in [6.45, 7) is 1.72. The molecule has 3 rings (SSSR count). The Morgan fingerprint density at radius 3 is 1.20 bits per heavy atom. The van der Waals surface area contributed by atoms with Gasteiger partial charge >= 0.3 is 0 Å². The Morgan fingerprint density at radius 1 is 0.422 bits per heavy atom. The molecule has 3 fully saturated rings. The van der Waals surface area contributed by atoms with Crippen LogP contribution in [0.15, 0.2) is 24.3 Å². The van der Waals surface area contributed by atoms with Crippen LogP contribution in [0.2, 0.25) is 0 Å². The van der Waals surface area contributed by atoms with Gasteiger partial charge in [-0.25, -0.2) is 0 Å². The van der Waals surface area contributed by atoms with Gasteiger partial charge in [0.2, 0.25) is 5.91 Å². The number of carbonyl (C=O) groups excluding carboxylic acids is 1. The van der Waals surface area contributed by atoms with Crippen molar-refractivity contribution in [3.05, 3.63) is 24.3 Å². The van der Waals surface area contributed by atoms with Crippen LogP contribution in [0.5, 0.6) is 0 Å². The van der Waals surface area contributed by atoms with Crippen LogP contribution in [0.4, 0.5) is 0 Å². The number of aliphatic hydroxyl groups excluding tert-OH is 11. The number of ether oxygens (including phenoxy) is 6. The second-order valence-corrected chi connectivity index (χ2v) is 23.9. The minimum Gasteiger partial charge on any atom is -0.394 e. The van der Waals surface area contributed by atoms with E-state index in [0.717, 1.165) is 38.5 Å². The Kier molecular flexibility index (Phi) is 43.0. The molecule has 0 aromatic carbocycles. The number of hydrogen-bond donors (Lipinski definition) is 12. The Balaban J connectivity index is 1.44. The zero-order valence-corrected chi connectivity index (χ0v) is 51.2. The summed E-state index contributed by atoms with van der Waals surface area (Å²) >= 11 is 0. The fourth-order valence-electron chi connectivity index (χ4n) is 11.3. The molecule has 3 saturated heterocycles. The predicted molar refractivity (Wildman–Crippen MR) is 319 cm³/mol. The van der Waals surface area contributed by atoms with Crippen molar-refractivity contribution >= 4 is 5.91 Å². The quantitative estimate of drug-likeness (QED) is 0.0207. The molecule has 3 aliphatic rings. The summed E-state index contributed by atoms with van der Waals surface area (Å²) in [5.41, 5.74) is 0. The molecule has 19 heteroatoms. The average molecular weight is 1190 g/mol. The molecule has 3 aliphatic heterocycles. The minimum atomic E-state index is -1.98. The van der Waals surface area contributed by atoms with E-state index in [-0.39, 0.29) is 18.9 Å². The SMILES string of the molecule is CCCCCCCCCC/C=C/CC/C=C/C(O)C(COC1OC(CO)C(OC2OC(CO)C(OC3OC(CO)C(O)C(O)C3O)C(O)C2O)C(O)C1O)NC(=O)CCCCCCCCCCCCCCCCCCCCCCCCCC. The maximum Gasteiger partial charge on any atom is 0.220 e. The first-order valence-corrected chi connectivity index (χ1v) is 33.1. The van der Waals surface area contributed by atoms with E-state index in [9.17, 15) is 61.0 Å². The number of hydrogen-bond acceptors (Lipinski definition) is 18. The summed E-state index contributed by atoms with van der Waals surface area (Å²) in [4.78, 5) is 13.4. The maximum atomic E-state index is 13.4. The van der Waals surface area contributed by atoms with Gasteiger partial charge in [0.15, 0.2) is 18.9 Å². The number of amides is 1. The van der Waals surface area contributed by atoms with Gasteiger partial charge in [-0.15, -0.1) is 0 Å². The molecule has 1 amide bonds. The third-order valence-electron chi connectivity index (χ3n) is 16.8. The van der Waals surface area contributed by atoms with Gasteiger partial charge in [-0.3, -0.25) is 4.79 Å². The van der Waals surface area contributed by atoms with E-state index in [2.05, 4.69) is 31.3 Å². The van der Waals surface area contributed by atoms with E-state index in [1.165, 1.54) is 173 Å². The number of nitrogens with one attached hydrogen (secondary N) is 1. The molecule has 0 aromatic heterocycles. The molecule has 17 unspecified atom stereocenters. The standard InChI is InChI=1S/C64H119NO18/c1-3-5-7-9-11-13-15-17-19-20-21-22-23-24-25-26-27-28-30-32-34-36-38-40-42-52(70)65-47(48(69)41-39-37-35-33-31-29-18-16-14-12-10-8-6-4-2)46-78-62-58(76)55(73)60(50(44-67)80-62)83-64-59(77)56(74)61(51(45-68)81-64)82-63-57(75)54(72)53(71)49(43-66)79-63/h31,33,39,41,47-51,53-64,66-69,71-77H,3-30,32,34-38,40,42-46H2,1-2H3,(H,65,70)/b33-31+,41-39+. The molecule has 0 aliphatic carbocycles. The zero-order valence-electron chi connectivity index (χ0n) is 51.2. The lowest BCUT2D eigenvalue weighted by molar-refractivity contribution is -0.379. The molecule has 83 heavy (non-hydrogen) atoms. The third-order valence-corrected chi connectivity index (χ3v) is 16.8. The fourth-order valence-corrected chi connectivity index (χ4v) is 11.3. The molecule has 0 saturated carbocycles. The van der Waals surface area contributed by atoms with Gasteiger partial charge in [0, 0.05) is 6.42 Å². The van der Waals surface area contributed by atoms with Crippen molar-refractivity contribution < 1.29 is 89.4 Å². The van der Waals surface area contributed by atoms with E-state index >= 15 is 0 Å². The topological polar surface area (TPSA) is 307 Å². The van der Waals surface area contributed by atoms with E-state index in [1.54, 1.807) is 6.08 Å². The van der Waals surface area contributed by atoms with Crippen LogP contribution in [0.25, 0.3) is 0 Å². The van der Waals surface area contributed by atoms with Crippen molar-refractivity contribution in [2.75, 3.05) is 26.4 Å². The highest BCUT2D eigenvalue weighted by atomic mass is 16.8. The molecule has 0 bridgehead atoms. The average Bonchev–Trinajstić information content (AvgIpc) is 3.35. The van der Waals surface area contributed by atoms with Crippen LogP contribution in [-0.2, 0) is 33.2 Å². The summed E-state index contributed by atoms with van der Waals surface area (Å²) in [6, 6.07) is -0.985. The summed E-state index contributed by atoms with van der Waals surface area (Å²) in [5.74, 6) is -0.282. The molecule has 0 radical (unpaired) electrons. The molecular formula is C64H119NO18. The normalized spacial score (nSPS) is 29.5. The van der Waals surface area contributed by atoms with Crippen LogP contribution < -0.4 is 5.32 Å². The number of unbranched alkanes of at least 4 members (excludes halogenated alkanes) is 32. The van der Waals surface area contributed by atoms with Gasteiger partial charge in [0.05, 0.1) is 38.6 Å². The number of allylic oxidation sites excluding steroid dienone is 3. The van der Waals surface area contributed by atoms with Crippen LogP contribution in [-0.4, -0.2) is 193 Å². The van der Waals surface area contributed by atoms with Crippen LogP contribution in [0, 0.1) is 0 Å². The predicted octanol–water partition coefficient (Wildman–Crippen LogP) is 7.49. The van der Waals surface area contributed by atoms with Crippen molar-refractivity contribution in [1.82, 2.24) is 5.32 Å². The smallest absolute Gasteiger partial charge is 0.220 e. The maximum absolute atomic E-state index is 13.4. The first-order valence-electron chi connectivity index (χ1n) is 33.1. The third kappa shape index (κ3) is 30.4. The lowest BCUT2D eigenvalue weighted by atomic mass is 9.96. The Morgan fingerprint density at radius 2 is 0.771 bits per heavy atom. The monoisotopic (exact) mass is 1190 g/mol. The molecule has 17 atom stereocenters. The second-order valence-electron chi connectivity index (χ2n) is 23.9. The zero-order chi connectivity index (χ0) is 60.5. The second kappa shape index (κ2) is 47.3. The Hall–Kier alpha value is -1.73. The molecule has 19 nitrogen and oxygen atoms in total. The Bertz CT molecular complexity index is 1610. The first-order chi connectivity index (χ1) is 40.3. The molecule has 488 valence electrons. The van der Waals surface area contributed by atoms with Crippen molar-refractivity contribution in [3.8, 4) is 0 Å². The van der Waals surface area contributed by atoms with E-state index < -0.39 is 124 Å². The van der Waals surface area contributed by atoms with Crippen molar-refractivity contribution in [2.45, 2.75) is 349 Å². The van der Waals surface area contributed by atoms with Crippen molar-refractivity contribution in [2.24, 2.45) is 0 Å². The van der Waals surface area contributed by atoms with Crippen LogP contribution in [0.3, 0.4) is 0 Å². The number of carbonyl (C=O) groups is 1. The van der Waals surface area contributed by atoms with Gasteiger partial charge in [0.1, 0.15) is 73.2 Å². The summed E-state index contributed by atoms with van der Waals surface area (Å²) < 4.78 is 34.3. The van der Waals surface area contributed by atoms with E-state index in [4.69, 9.17) is 28.4 Å². The lowest BCUT2D eigenvalue weighted by Gasteiger charge is -2.48. The summed E-state index contributed by atoms with van der Waals surface area (Å²) in [6.07, 6.45) is 24.5. The van der Waals surface area contributed by atoms with E-state index in [1.807, 2.05) is 6.08 Å². The van der Waals surface area contributed by atoms with Gasteiger partial charge < -0.3 is 89.9 Å². The molecular weight excluding hydrogens is 1070 g/mol. The summed E-state index contributed by atoms with van der Waals surface area (Å²) in [7, 11) is 0. The number of rotatable bonds is 50. The largest absolute Gasteiger partial charge is 0.394 e. The van der Waals surface area contributed by atoms with Gasteiger partial charge in [-0.05, 0) is 32.1 Å². The lowest BCUT2D eigenvalue weighted by Crippen LogP contribution is -2.66. The highest BCUT2D eigenvalue weighted by Gasteiger charge is 2.53. The molecule has 0 spiro atoms. The highest BCUT2D eigenvalue weighted by Crippen LogP contribution is 2.33. The van der Waals surface area contributed by atoms with Gasteiger partial charge in [-0.2, -0.15) is 0 Å². The van der Waals surface area contributed by atoms with E-state index in [0.29, 0.717) is 12.8 Å². The van der Waals surface area contributed by atoms with Crippen LogP contribution in [0.1, 0.15) is 245 Å². The van der Waals surface area contributed by atoms with Crippen molar-refractivity contribution in [1.29, 1.82) is 0 Å². The summed E-state index contributed by atoms with van der Waals surface area (Å²) in [5, 5.41) is 120. The van der Waals surface area contributed by atoms with Crippen LogP contribution >= 0.6 is 0 Å². The molecule has 0 aromatic rings. The number of aliphatic hydroxyl groups is 11.